The van der Waals surface area contributed by atoms with E-state index in [4.69, 9.17) is 10.5 Å². The fraction of sp³-hybridized carbons (Fsp3) is 0.692. The SMILES string of the molecule is CCOc1nc(CC)nc(NC2CCCC2)c1N. The standard InChI is InChI=1S/C13H22N4O/c1-3-10-16-12(15-9-7-5-6-8-9)11(14)13(17-10)18-4-2/h9H,3-8,14H2,1-2H3,(H,15,16,17). The van der Waals surface area contributed by atoms with Crippen molar-refractivity contribution in [3.05, 3.63) is 5.82 Å². The second kappa shape index (κ2) is 5.89. The maximum atomic E-state index is 6.06. The van der Waals surface area contributed by atoms with Crippen molar-refractivity contribution in [3.63, 3.8) is 0 Å². The van der Waals surface area contributed by atoms with Crippen LogP contribution in [0.4, 0.5) is 11.5 Å². The van der Waals surface area contributed by atoms with Crippen LogP contribution in [0.1, 0.15) is 45.4 Å². The highest BCUT2D eigenvalue weighted by atomic mass is 16.5. The van der Waals surface area contributed by atoms with Crippen LogP contribution < -0.4 is 15.8 Å². The highest BCUT2D eigenvalue weighted by Gasteiger charge is 2.19. The molecule has 0 spiro atoms. The van der Waals surface area contributed by atoms with Crippen molar-refractivity contribution in [1.29, 1.82) is 0 Å². The number of nitrogens with two attached hydrogens (primary N) is 1. The molecule has 5 nitrogen and oxygen atoms in total. The molecule has 0 saturated heterocycles. The zero-order valence-electron chi connectivity index (χ0n) is 11.2. The smallest absolute Gasteiger partial charge is 0.242 e. The summed E-state index contributed by atoms with van der Waals surface area (Å²) in [5, 5.41) is 3.43. The molecule has 5 heteroatoms. The molecular weight excluding hydrogens is 228 g/mol. The van der Waals surface area contributed by atoms with E-state index in [0.717, 1.165) is 18.1 Å². The van der Waals surface area contributed by atoms with Gasteiger partial charge >= 0.3 is 0 Å². The Balaban J connectivity index is 2.23. The van der Waals surface area contributed by atoms with E-state index >= 15 is 0 Å². The Morgan fingerprint density at radius 2 is 2.00 bits per heavy atom. The summed E-state index contributed by atoms with van der Waals surface area (Å²) in [6.07, 6.45) is 5.71. The van der Waals surface area contributed by atoms with Gasteiger partial charge in [-0.1, -0.05) is 19.8 Å². The van der Waals surface area contributed by atoms with Crippen molar-refractivity contribution in [1.82, 2.24) is 9.97 Å². The van der Waals surface area contributed by atoms with Crippen LogP contribution >= 0.6 is 0 Å². The third-order valence-electron chi connectivity index (χ3n) is 3.25. The molecule has 0 amide bonds. The third kappa shape index (κ3) is 2.83. The van der Waals surface area contributed by atoms with Crippen LogP contribution in [0.25, 0.3) is 0 Å². The number of aryl methyl sites for hydroxylation is 1. The largest absolute Gasteiger partial charge is 0.476 e. The summed E-state index contributed by atoms with van der Waals surface area (Å²) < 4.78 is 5.47. The molecular formula is C13H22N4O. The molecule has 1 aromatic rings. The van der Waals surface area contributed by atoms with Crippen molar-refractivity contribution < 1.29 is 4.74 Å². The molecule has 0 aromatic carbocycles. The summed E-state index contributed by atoms with van der Waals surface area (Å²) in [6.45, 7) is 4.52. The van der Waals surface area contributed by atoms with Crippen LogP contribution in [0.2, 0.25) is 0 Å². The van der Waals surface area contributed by atoms with Gasteiger partial charge in [0.05, 0.1) is 6.61 Å². The van der Waals surface area contributed by atoms with Gasteiger partial charge in [0.25, 0.3) is 0 Å². The topological polar surface area (TPSA) is 73.1 Å². The Bertz CT molecular complexity index is 402. The van der Waals surface area contributed by atoms with Gasteiger partial charge < -0.3 is 15.8 Å². The molecule has 18 heavy (non-hydrogen) atoms. The Morgan fingerprint density at radius 1 is 1.28 bits per heavy atom. The minimum absolute atomic E-state index is 0.487. The molecule has 1 fully saturated rings. The second-order valence-corrected chi connectivity index (χ2v) is 4.62. The molecule has 1 aromatic heterocycles. The first-order valence-corrected chi connectivity index (χ1v) is 6.80. The molecule has 1 saturated carbocycles. The summed E-state index contributed by atoms with van der Waals surface area (Å²) >= 11 is 0. The number of hydrogen-bond donors (Lipinski definition) is 2. The number of anilines is 2. The van der Waals surface area contributed by atoms with Gasteiger partial charge in [0, 0.05) is 12.5 Å². The lowest BCUT2D eigenvalue weighted by Crippen LogP contribution is -2.18. The summed E-state index contributed by atoms with van der Waals surface area (Å²) in [4.78, 5) is 8.79. The molecule has 0 aliphatic heterocycles. The van der Waals surface area contributed by atoms with Crippen LogP contribution in [0.5, 0.6) is 5.88 Å². The lowest BCUT2D eigenvalue weighted by Gasteiger charge is -2.17. The van der Waals surface area contributed by atoms with Gasteiger partial charge in [-0.2, -0.15) is 4.98 Å². The van der Waals surface area contributed by atoms with Gasteiger partial charge in [0.2, 0.25) is 5.88 Å². The monoisotopic (exact) mass is 250 g/mol. The van der Waals surface area contributed by atoms with Gasteiger partial charge in [0.1, 0.15) is 11.5 Å². The molecule has 0 unspecified atom stereocenters. The number of aromatic nitrogens is 2. The molecule has 100 valence electrons. The van der Waals surface area contributed by atoms with Crippen LogP contribution in [-0.2, 0) is 6.42 Å². The fourth-order valence-electron chi connectivity index (χ4n) is 2.27. The molecule has 2 rings (SSSR count). The number of hydrogen-bond acceptors (Lipinski definition) is 5. The Labute approximate surface area is 108 Å². The van der Waals surface area contributed by atoms with E-state index in [1.54, 1.807) is 0 Å². The minimum Gasteiger partial charge on any atom is -0.476 e. The van der Waals surface area contributed by atoms with E-state index in [-0.39, 0.29) is 0 Å². The van der Waals surface area contributed by atoms with Crippen LogP contribution in [-0.4, -0.2) is 22.6 Å². The summed E-state index contributed by atoms with van der Waals surface area (Å²) in [5.41, 5.74) is 6.59. The van der Waals surface area contributed by atoms with Gasteiger partial charge in [-0.15, -0.1) is 0 Å². The van der Waals surface area contributed by atoms with E-state index < -0.39 is 0 Å². The quantitative estimate of drug-likeness (QED) is 0.839. The zero-order valence-corrected chi connectivity index (χ0v) is 11.2. The average Bonchev–Trinajstić information content (AvgIpc) is 2.87. The molecule has 1 heterocycles. The van der Waals surface area contributed by atoms with Gasteiger partial charge in [-0.3, -0.25) is 0 Å². The van der Waals surface area contributed by atoms with E-state index in [1.165, 1.54) is 25.7 Å². The highest BCUT2D eigenvalue weighted by Crippen LogP contribution is 2.29. The minimum atomic E-state index is 0.487. The number of nitrogen functional groups attached to an aromatic ring is 1. The summed E-state index contributed by atoms with van der Waals surface area (Å²) in [6, 6.07) is 0.487. The van der Waals surface area contributed by atoms with E-state index in [2.05, 4.69) is 15.3 Å². The molecule has 1 aliphatic rings. The first-order valence-electron chi connectivity index (χ1n) is 6.80. The van der Waals surface area contributed by atoms with E-state index in [0.29, 0.717) is 24.2 Å². The predicted molar refractivity (Wildman–Crippen MR) is 72.9 cm³/mol. The van der Waals surface area contributed by atoms with Crippen LogP contribution in [0.15, 0.2) is 0 Å². The first kappa shape index (κ1) is 12.9. The van der Waals surface area contributed by atoms with Crippen molar-refractivity contribution in [3.8, 4) is 5.88 Å². The first-order chi connectivity index (χ1) is 8.74. The maximum absolute atomic E-state index is 6.06. The average molecular weight is 250 g/mol. The molecule has 0 atom stereocenters. The van der Waals surface area contributed by atoms with Gasteiger partial charge in [-0.05, 0) is 19.8 Å². The molecule has 3 N–H and O–H groups in total. The van der Waals surface area contributed by atoms with Crippen LogP contribution in [0, 0.1) is 0 Å². The predicted octanol–water partition coefficient (Wildman–Crippen LogP) is 2.37. The van der Waals surface area contributed by atoms with E-state index in [1.807, 2.05) is 13.8 Å². The molecule has 1 aliphatic carbocycles. The van der Waals surface area contributed by atoms with Gasteiger partial charge in [-0.25, -0.2) is 4.98 Å². The lowest BCUT2D eigenvalue weighted by molar-refractivity contribution is 0.327. The Kier molecular flexibility index (Phi) is 4.23. The Hall–Kier alpha value is -1.52. The number of ether oxygens (including phenoxy) is 1. The highest BCUT2D eigenvalue weighted by molar-refractivity contribution is 5.67. The van der Waals surface area contributed by atoms with Crippen molar-refractivity contribution in [2.45, 2.75) is 52.0 Å². The molecule has 0 radical (unpaired) electrons. The Morgan fingerprint density at radius 3 is 2.61 bits per heavy atom. The van der Waals surface area contributed by atoms with Crippen molar-refractivity contribution in [2.75, 3.05) is 17.7 Å². The zero-order chi connectivity index (χ0) is 13.0. The normalized spacial score (nSPS) is 15.9. The van der Waals surface area contributed by atoms with Crippen LogP contribution in [0.3, 0.4) is 0 Å². The number of nitrogens with zero attached hydrogens (tertiary/aromatic N) is 2. The fourth-order valence-corrected chi connectivity index (χ4v) is 2.27. The summed E-state index contributed by atoms with van der Waals surface area (Å²) in [7, 11) is 0. The summed E-state index contributed by atoms with van der Waals surface area (Å²) in [5.74, 6) is 2.01. The third-order valence-corrected chi connectivity index (χ3v) is 3.25. The van der Waals surface area contributed by atoms with Crippen molar-refractivity contribution >= 4 is 11.5 Å². The number of nitrogens with one attached hydrogen (secondary N) is 1. The second-order valence-electron chi connectivity index (χ2n) is 4.62. The van der Waals surface area contributed by atoms with Gasteiger partial charge in [0.15, 0.2) is 5.82 Å². The maximum Gasteiger partial charge on any atom is 0.242 e. The lowest BCUT2D eigenvalue weighted by atomic mass is 10.2. The van der Waals surface area contributed by atoms with Crippen molar-refractivity contribution in [2.24, 2.45) is 0 Å². The van der Waals surface area contributed by atoms with E-state index in [9.17, 15) is 0 Å². The molecule has 0 bridgehead atoms. The number of rotatable bonds is 5.